The van der Waals surface area contributed by atoms with Gasteiger partial charge >= 0.3 is 0 Å². The van der Waals surface area contributed by atoms with Crippen LogP contribution in [0.1, 0.15) is 41.7 Å². The summed E-state index contributed by atoms with van der Waals surface area (Å²) in [7, 11) is 0. The first-order valence-corrected chi connectivity index (χ1v) is 6.39. The number of nitrogens with zero attached hydrogens (tertiary/aromatic N) is 2. The van der Waals surface area contributed by atoms with E-state index in [1.54, 1.807) is 6.92 Å². The normalized spacial score (nSPS) is 30.8. The third-order valence-electron chi connectivity index (χ3n) is 4.13. The number of nitrogen functional groups attached to an aromatic ring is 1. The standard InChI is InChI=1S/C12H18N4O2/c1-6-10(11(13)15-14-6)12(18)16-7-2-3-8(16)5-9(17)4-7/h7-9,17H,2-5H2,1H3,(H3,13,14,15). The first-order valence-electron chi connectivity index (χ1n) is 6.39. The van der Waals surface area contributed by atoms with Gasteiger partial charge in [0, 0.05) is 17.8 Å². The highest BCUT2D eigenvalue weighted by Crippen LogP contribution is 2.37. The second kappa shape index (κ2) is 3.98. The average Bonchev–Trinajstić information content (AvgIpc) is 2.77. The Morgan fingerprint density at radius 3 is 2.56 bits per heavy atom. The molecule has 2 aliphatic rings. The van der Waals surface area contributed by atoms with Gasteiger partial charge in [0.15, 0.2) is 5.82 Å². The van der Waals surface area contributed by atoms with E-state index in [0.29, 0.717) is 24.1 Å². The number of anilines is 1. The van der Waals surface area contributed by atoms with Gasteiger partial charge in [-0.25, -0.2) is 0 Å². The highest BCUT2D eigenvalue weighted by atomic mass is 16.3. The van der Waals surface area contributed by atoms with Crippen LogP contribution in [0.3, 0.4) is 0 Å². The maximum absolute atomic E-state index is 12.6. The smallest absolute Gasteiger partial charge is 0.260 e. The van der Waals surface area contributed by atoms with Crippen LogP contribution in [0.15, 0.2) is 0 Å². The number of aromatic nitrogens is 2. The van der Waals surface area contributed by atoms with Crippen LogP contribution in [-0.2, 0) is 0 Å². The number of amides is 1. The van der Waals surface area contributed by atoms with Crippen LogP contribution in [0.2, 0.25) is 0 Å². The third kappa shape index (κ3) is 1.59. The summed E-state index contributed by atoms with van der Waals surface area (Å²) in [5.41, 5.74) is 6.95. The van der Waals surface area contributed by atoms with Crippen LogP contribution in [-0.4, -0.2) is 44.3 Å². The topological polar surface area (TPSA) is 95.2 Å². The fourth-order valence-electron chi connectivity index (χ4n) is 3.33. The van der Waals surface area contributed by atoms with Gasteiger partial charge in [-0.2, -0.15) is 5.10 Å². The zero-order valence-electron chi connectivity index (χ0n) is 10.4. The first kappa shape index (κ1) is 11.5. The van der Waals surface area contributed by atoms with Crippen molar-refractivity contribution in [2.24, 2.45) is 0 Å². The molecule has 1 aromatic heterocycles. The number of nitrogens with two attached hydrogens (primary N) is 1. The monoisotopic (exact) mass is 250 g/mol. The van der Waals surface area contributed by atoms with Crippen molar-refractivity contribution >= 4 is 11.7 Å². The van der Waals surface area contributed by atoms with Crippen LogP contribution >= 0.6 is 0 Å². The molecule has 2 saturated heterocycles. The Bertz CT molecular complexity index is 451. The number of aryl methyl sites for hydroxylation is 1. The van der Waals surface area contributed by atoms with Gasteiger partial charge in [-0.05, 0) is 32.6 Å². The lowest BCUT2D eigenvalue weighted by Gasteiger charge is -2.37. The maximum Gasteiger partial charge on any atom is 0.260 e. The Morgan fingerprint density at radius 1 is 1.44 bits per heavy atom. The summed E-state index contributed by atoms with van der Waals surface area (Å²) >= 11 is 0. The fourth-order valence-corrected chi connectivity index (χ4v) is 3.33. The van der Waals surface area contributed by atoms with Gasteiger partial charge in [0.2, 0.25) is 0 Å². The molecule has 0 saturated carbocycles. The fraction of sp³-hybridized carbons (Fsp3) is 0.667. The highest BCUT2D eigenvalue weighted by Gasteiger charge is 2.43. The number of aliphatic hydroxyl groups excluding tert-OH is 1. The molecule has 18 heavy (non-hydrogen) atoms. The summed E-state index contributed by atoms with van der Waals surface area (Å²) in [6.07, 6.45) is 3.04. The van der Waals surface area contributed by atoms with E-state index in [1.165, 1.54) is 0 Å². The molecular weight excluding hydrogens is 232 g/mol. The quantitative estimate of drug-likeness (QED) is 0.673. The number of H-pyrrole nitrogens is 1. The number of carbonyl (C=O) groups excluding carboxylic acids is 1. The van der Waals surface area contributed by atoms with Crippen LogP contribution < -0.4 is 5.73 Å². The van der Waals surface area contributed by atoms with E-state index in [-0.39, 0.29) is 29.9 Å². The van der Waals surface area contributed by atoms with Gasteiger partial charge < -0.3 is 15.7 Å². The van der Waals surface area contributed by atoms with Gasteiger partial charge in [0.05, 0.1) is 6.10 Å². The van der Waals surface area contributed by atoms with Crippen LogP contribution in [0.25, 0.3) is 0 Å². The molecule has 0 spiro atoms. The number of hydrogen-bond acceptors (Lipinski definition) is 4. The zero-order valence-corrected chi connectivity index (χ0v) is 10.4. The molecule has 3 rings (SSSR count). The van der Waals surface area contributed by atoms with Crippen molar-refractivity contribution in [2.75, 3.05) is 5.73 Å². The van der Waals surface area contributed by atoms with E-state index in [2.05, 4.69) is 10.2 Å². The molecule has 0 aliphatic carbocycles. The van der Waals surface area contributed by atoms with Gasteiger partial charge in [-0.15, -0.1) is 0 Å². The van der Waals surface area contributed by atoms with Crippen molar-refractivity contribution in [3.8, 4) is 0 Å². The number of carbonyl (C=O) groups is 1. The van der Waals surface area contributed by atoms with E-state index in [4.69, 9.17) is 5.73 Å². The molecule has 0 aromatic carbocycles. The van der Waals surface area contributed by atoms with Crippen molar-refractivity contribution in [2.45, 2.75) is 50.8 Å². The van der Waals surface area contributed by atoms with E-state index in [1.807, 2.05) is 4.90 Å². The summed E-state index contributed by atoms with van der Waals surface area (Å²) < 4.78 is 0. The van der Waals surface area contributed by atoms with Gasteiger partial charge in [0.25, 0.3) is 5.91 Å². The molecule has 6 heteroatoms. The maximum atomic E-state index is 12.6. The minimum atomic E-state index is -0.269. The number of aliphatic hydroxyl groups is 1. The molecule has 1 amide bonds. The van der Waals surface area contributed by atoms with Crippen molar-refractivity contribution in [1.29, 1.82) is 0 Å². The minimum Gasteiger partial charge on any atom is -0.393 e. The molecular formula is C12H18N4O2. The van der Waals surface area contributed by atoms with E-state index in [0.717, 1.165) is 12.8 Å². The Balaban J connectivity index is 1.90. The Hall–Kier alpha value is -1.56. The van der Waals surface area contributed by atoms with Crippen LogP contribution in [0.5, 0.6) is 0 Å². The van der Waals surface area contributed by atoms with Crippen molar-refractivity contribution in [1.82, 2.24) is 15.1 Å². The molecule has 4 N–H and O–H groups in total. The number of aromatic amines is 1. The third-order valence-corrected chi connectivity index (χ3v) is 4.13. The molecule has 0 radical (unpaired) electrons. The molecule has 3 heterocycles. The Labute approximate surface area is 105 Å². The van der Waals surface area contributed by atoms with E-state index >= 15 is 0 Å². The minimum absolute atomic E-state index is 0.0434. The SMILES string of the molecule is Cc1[nH]nc(N)c1C(=O)N1C2CCC1CC(O)C2. The van der Waals surface area contributed by atoms with Gasteiger partial charge in [-0.1, -0.05) is 0 Å². The van der Waals surface area contributed by atoms with Crippen molar-refractivity contribution in [3.05, 3.63) is 11.3 Å². The summed E-state index contributed by atoms with van der Waals surface area (Å²) in [5.74, 6) is 0.223. The summed E-state index contributed by atoms with van der Waals surface area (Å²) in [5, 5.41) is 16.4. The molecule has 2 aliphatic heterocycles. The molecule has 2 bridgehead atoms. The van der Waals surface area contributed by atoms with Gasteiger partial charge in [0.1, 0.15) is 5.56 Å². The molecule has 1 aromatic rings. The molecule has 2 unspecified atom stereocenters. The van der Waals surface area contributed by atoms with Crippen molar-refractivity contribution < 1.29 is 9.90 Å². The molecule has 6 nitrogen and oxygen atoms in total. The highest BCUT2D eigenvalue weighted by molar-refractivity contribution is 6.00. The average molecular weight is 250 g/mol. The number of hydrogen-bond donors (Lipinski definition) is 3. The number of nitrogens with one attached hydrogen (secondary N) is 1. The summed E-state index contributed by atoms with van der Waals surface area (Å²) in [6.45, 7) is 1.80. The Kier molecular flexibility index (Phi) is 2.55. The second-order valence-corrected chi connectivity index (χ2v) is 5.33. The summed E-state index contributed by atoms with van der Waals surface area (Å²) in [4.78, 5) is 14.5. The van der Waals surface area contributed by atoms with Crippen molar-refractivity contribution in [3.63, 3.8) is 0 Å². The largest absolute Gasteiger partial charge is 0.393 e. The molecule has 2 atom stereocenters. The van der Waals surface area contributed by atoms with E-state index < -0.39 is 0 Å². The lowest BCUT2D eigenvalue weighted by molar-refractivity contribution is 0.0287. The molecule has 98 valence electrons. The van der Waals surface area contributed by atoms with Crippen LogP contribution in [0.4, 0.5) is 5.82 Å². The summed E-state index contributed by atoms with van der Waals surface area (Å²) in [6, 6.07) is 0.305. The first-order chi connectivity index (χ1) is 8.58. The van der Waals surface area contributed by atoms with Gasteiger partial charge in [-0.3, -0.25) is 9.89 Å². The lowest BCUT2D eigenvalue weighted by Crippen LogP contribution is -2.48. The second-order valence-electron chi connectivity index (χ2n) is 5.33. The zero-order chi connectivity index (χ0) is 12.9. The lowest BCUT2D eigenvalue weighted by atomic mass is 9.98. The predicted molar refractivity (Wildman–Crippen MR) is 66.0 cm³/mol. The number of fused-ring (bicyclic) bond motifs is 2. The van der Waals surface area contributed by atoms with E-state index in [9.17, 15) is 9.90 Å². The number of piperidine rings is 1. The Morgan fingerprint density at radius 2 is 2.06 bits per heavy atom. The van der Waals surface area contributed by atoms with Crippen LogP contribution in [0, 0.1) is 6.92 Å². The molecule has 2 fully saturated rings. The number of rotatable bonds is 1. The predicted octanol–water partition coefficient (Wildman–Crippen LogP) is 0.428.